The first-order valence-electron chi connectivity index (χ1n) is 24.2. The number of aliphatic hydroxyl groups is 3. The first-order valence-corrected chi connectivity index (χ1v) is 25.0. The molecule has 76 heavy (non-hydrogen) atoms. The van der Waals surface area contributed by atoms with Crippen LogP contribution >= 0.6 is 23.2 Å². The van der Waals surface area contributed by atoms with E-state index in [1.807, 2.05) is 4.57 Å². The number of aromatic nitrogens is 3. The highest BCUT2D eigenvalue weighted by Crippen LogP contribution is 2.40. The minimum Gasteiger partial charge on any atom is -0.477 e. The molecule has 3 fully saturated rings. The van der Waals surface area contributed by atoms with Crippen LogP contribution in [0.15, 0.2) is 69.4 Å². The van der Waals surface area contributed by atoms with Crippen molar-refractivity contribution in [3.63, 3.8) is 0 Å². The summed E-state index contributed by atoms with van der Waals surface area (Å²) in [5.41, 5.74) is 4.64. The summed E-state index contributed by atoms with van der Waals surface area (Å²) in [6.45, 7) is 3.34. The van der Waals surface area contributed by atoms with Crippen molar-refractivity contribution in [3.05, 3.63) is 124 Å². The largest absolute Gasteiger partial charge is 0.477 e. The van der Waals surface area contributed by atoms with E-state index in [2.05, 4.69) is 10.6 Å². The average molecular weight is 1100 g/mol. The molecule has 3 aliphatic rings. The van der Waals surface area contributed by atoms with Crippen LogP contribution in [0.2, 0.25) is 10.0 Å². The zero-order chi connectivity index (χ0) is 55.2. The second-order valence-corrected chi connectivity index (χ2v) is 18.4. The predicted molar refractivity (Wildman–Crippen MR) is 280 cm³/mol. The molecule has 0 spiro atoms. The summed E-state index contributed by atoms with van der Waals surface area (Å²) in [6.07, 6.45) is 9.59. The molecule has 3 aromatic carbocycles. The van der Waals surface area contributed by atoms with Crippen molar-refractivity contribution in [1.29, 1.82) is 0 Å². The number of hydrogen-bond donors (Lipinski definition) is 9. The van der Waals surface area contributed by atoms with Crippen LogP contribution in [0.3, 0.4) is 0 Å². The van der Waals surface area contributed by atoms with E-state index in [1.54, 1.807) is 21.3 Å². The molecule has 3 aromatic heterocycles. The number of nitrogens with zero attached hydrogens (tertiary/aromatic N) is 3. The maximum Gasteiger partial charge on any atom is 0.341 e. The standard InChI is InChI=1S/C17H19ClN2O5.C17H19FN2O5.C13H9ClFNO3.C4H11NO2/c18-13-8-15-11(7-14(13)19-3-5-25-6-4-21)16(22)12(17(23)24)9-20(15)10-1-2-10;18-13-7-11-15(8-14(13)19-3-5-25-6-4-21)20(10-1-2-10)9-12(16(11)22)17(23)24;14-9-4-11-7(3-10(9)15)12(17)8(13(18)19)5-16(11)6-1-2-6;5-1-3-7-4-2-6/h2*7-10,19,21H,1-6H2,(H,23,24);3-6H,1-2H2,(H,18,19);6H,1-5H2. The second kappa shape index (κ2) is 27.5. The second-order valence-electron chi connectivity index (χ2n) is 17.6. The molecule has 0 saturated heterocycles. The van der Waals surface area contributed by atoms with Crippen LogP contribution in [0.25, 0.3) is 32.7 Å². The molecule has 0 radical (unpaired) electrons. The number of hydrogen-bond acceptors (Lipinski definition) is 15. The van der Waals surface area contributed by atoms with E-state index in [1.165, 1.54) is 30.7 Å². The highest BCUT2D eigenvalue weighted by molar-refractivity contribution is 6.34. The van der Waals surface area contributed by atoms with Crippen LogP contribution in [0.4, 0.5) is 20.2 Å². The molecular weight excluding hydrogens is 1050 g/mol. The van der Waals surface area contributed by atoms with Crippen LogP contribution in [0.5, 0.6) is 0 Å². The molecule has 3 heterocycles. The minimum atomic E-state index is -1.31. The van der Waals surface area contributed by atoms with E-state index in [-0.39, 0.29) is 89.3 Å². The highest BCUT2D eigenvalue weighted by atomic mass is 35.5. The number of carbonyl (C=O) groups is 3. The molecule has 0 unspecified atom stereocenters. The summed E-state index contributed by atoms with van der Waals surface area (Å²) >= 11 is 12.1. The molecule has 3 saturated carbocycles. The number of halogens is 4. The third-order valence-corrected chi connectivity index (χ3v) is 12.5. The van der Waals surface area contributed by atoms with Crippen LogP contribution < -0.4 is 32.7 Å². The number of aromatic carboxylic acids is 3. The molecule has 21 nitrogen and oxygen atoms in total. The van der Waals surface area contributed by atoms with Gasteiger partial charge in [-0.2, -0.15) is 0 Å². The number of ether oxygens (including phenoxy) is 3. The van der Waals surface area contributed by atoms with Gasteiger partial charge in [0.15, 0.2) is 0 Å². The zero-order valence-corrected chi connectivity index (χ0v) is 42.5. The lowest BCUT2D eigenvalue weighted by molar-refractivity contribution is 0.0684. The Morgan fingerprint density at radius 1 is 0.526 bits per heavy atom. The first kappa shape index (κ1) is 58.7. The van der Waals surface area contributed by atoms with Gasteiger partial charge >= 0.3 is 17.9 Å². The van der Waals surface area contributed by atoms with Crippen LogP contribution in [-0.4, -0.2) is 141 Å². The number of rotatable bonds is 22. The maximum atomic E-state index is 14.3. The number of pyridine rings is 3. The van der Waals surface area contributed by atoms with Gasteiger partial charge in [0.1, 0.15) is 28.3 Å². The van der Waals surface area contributed by atoms with Crippen molar-refractivity contribution in [2.45, 2.75) is 56.7 Å². The molecule has 410 valence electrons. The van der Waals surface area contributed by atoms with Crippen molar-refractivity contribution < 1.29 is 68.0 Å². The van der Waals surface area contributed by atoms with Gasteiger partial charge in [-0.3, -0.25) is 14.4 Å². The Labute approximate surface area is 441 Å². The summed E-state index contributed by atoms with van der Waals surface area (Å²) in [5.74, 6) is -5.21. The van der Waals surface area contributed by atoms with Gasteiger partial charge < -0.3 is 74.9 Å². The lowest BCUT2D eigenvalue weighted by Gasteiger charge is -2.15. The van der Waals surface area contributed by atoms with Crippen molar-refractivity contribution in [1.82, 2.24) is 13.7 Å². The van der Waals surface area contributed by atoms with Gasteiger partial charge in [0.2, 0.25) is 16.3 Å². The van der Waals surface area contributed by atoms with Crippen molar-refractivity contribution in [2.24, 2.45) is 5.73 Å². The molecule has 0 aliphatic heterocycles. The molecule has 3 aliphatic carbocycles. The van der Waals surface area contributed by atoms with Crippen LogP contribution in [-0.2, 0) is 14.2 Å². The predicted octanol–water partition coefficient (Wildman–Crippen LogP) is 5.48. The number of carboxylic acids is 3. The van der Waals surface area contributed by atoms with E-state index >= 15 is 0 Å². The van der Waals surface area contributed by atoms with E-state index in [0.717, 1.165) is 50.7 Å². The zero-order valence-electron chi connectivity index (χ0n) is 40.9. The fourth-order valence-corrected chi connectivity index (χ4v) is 8.26. The van der Waals surface area contributed by atoms with Gasteiger partial charge in [0.25, 0.3) is 0 Å². The quantitative estimate of drug-likeness (QED) is 0.0380. The van der Waals surface area contributed by atoms with E-state index in [4.69, 9.17) is 63.6 Å². The Balaban J connectivity index is 0.000000175. The fourth-order valence-electron chi connectivity index (χ4n) is 7.88. The Morgan fingerprint density at radius 2 is 0.882 bits per heavy atom. The van der Waals surface area contributed by atoms with Gasteiger partial charge in [-0.25, -0.2) is 23.2 Å². The topological polar surface area (TPSA) is 316 Å². The number of nitrogens with one attached hydrogen (secondary N) is 2. The molecule has 25 heteroatoms. The molecule has 0 atom stereocenters. The number of anilines is 2. The molecule has 0 bridgehead atoms. The first-order chi connectivity index (χ1) is 36.4. The molecule has 6 aromatic rings. The molecular formula is C51H58Cl2F2N6O15. The smallest absolute Gasteiger partial charge is 0.341 e. The van der Waals surface area contributed by atoms with Crippen molar-refractivity contribution >= 4 is 85.2 Å². The summed E-state index contributed by atoms with van der Waals surface area (Å²) < 4.78 is 48.1. The van der Waals surface area contributed by atoms with Crippen LogP contribution in [0, 0.1) is 11.6 Å². The summed E-state index contributed by atoms with van der Waals surface area (Å²) in [7, 11) is 0. The number of nitrogens with two attached hydrogens (primary N) is 1. The third kappa shape index (κ3) is 15.1. The number of benzene rings is 3. The minimum absolute atomic E-state index is 0.0462. The molecule has 9 rings (SSSR count). The Bertz CT molecular complexity index is 3250. The van der Waals surface area contributed by atoms with E-state index in [0.29, 0.717) is 78.7 Å². The molecule has 0 amide bonds. The maximum absolute atomic E-state index is 14.3. The summed E-state index contributed by atoms with van der Waals surface area (Å²) in [5, 5.41) is 59.8. The normalized spacial score (nSPS) is 13.8. The Kier molecular flexibility index (Phi) is 21.2. The van der Waals surface area contributed by atoms with Crippen molar-refractivity contribution in [3.8, 4) is 0 Å². The Morgan fingerprint density at radius 3 is 1.26 bits per heavy atom. The number of fused-ring (bicyclic) bond motifs is 3. The summed E-state index contributed by atoms with van der Waals surface area (Å²) in [4.78, 5) is 70.6. The molecule has 10 N–H and O–H groups in total. The number of aliphatic hydroxyl groups excluding tert-OH is 3. The van der Waals surface area contributed by atoms with Gasteiger partial charge in [0.05, 0.1) is 97.4 Å². The van der Waals surface area contributed by atoms with Gasteiger partial charge in [-0.1, -0.05) is 23.2 Å². The average Bonchev–Trinajstić information content (AvgIpc) is 4.21. The Hall–Kier alpha value is -6.54. The monoisotopic (exact) mass is 1100 g/mol. The van der Waals surface area contributed by atoms with Crippen LogP contribution in [0.1, 0.15) is 87.7 Å². The SMILES string of the molecule is NCCOCCO.O=C(O)c1cn(C2CC2)c2cc(Cl)c(F)cc2c1=O.O=C(O)c1cn(C2CC2)c2cc(Cl)c(NCCOCCO)cc2c1=O.O=C(O)c1cn(C2CC2)c2cc(NCCOCCO)c(F)cc2c1=O. The number of carboxylic acid groups (broad SMARTS) is 3. The van der Waals surface area contributed by atoms with E-state index in [9.17, 15) is 47.8 Å². The fraction of sp³-hybridized carbons (Fsp3) is 0.412. The highest BCUT2D eigenvalue weighted by Gasteiger charge is 2.30. The summed E-state index contributed by atoms with van der Waals surface area (Å²) in [6, 6.07) is 8.78. The van der Waals surface area contributed by atoms with Crippen molar-refractivity contribution in [2.75, 3.05) is 89.7 Å². The lowest BCUT2D eigenvalue weighted by Crippen LogP contribution is -2.19. The van der Waals surface area contributed by atoms with Gasteiger partial charge in [0, 0.05) is 72.5 Å². The van der Waals surface area contributed by atoms with E-state index < -0.39 is 45.8 Å². The third-order valence-electron chi connectivity index (χ3n) is 11.9. The lowest BCUT2D eigenvalue weighted by atomic mass is 10.1. The van der Waals surface area contributed by atoms with Gasteiger partial charge in [-0.15, -0.1) is 0 Å². The van der Waals surface area contributed by atoms with Gasteiger partial charge in [-0.05, 0) is 74.9 Å².